The number of aryl methyl sites for hydroxylation is 1. The summed E-state index contributed by atoms with van der Waals surface area (Å²) in [6.45, 7) is 6.01. The minimum atomic E-state index is -0.287. The summed E-state index contributed by atoms with van der Waals surface area (Å²) in [5, 5.41) is 3.07. The molecule has 2 rings (SSSR count). The highest BCUT2D eigenvalue weighted by Gasteiger charge is 2.08. The van der Waals surface area contributed by atoms with Crippen LogP contribution < -0.4 is 5.32 Å². The number of benzene rings is 1. The third-order valence-corrected chi connectivity index (χ3v) is 2.42. The summed E-state index contributed by atoms with van der Waals surface area (Å²) in [7, 11) is 0. The van der Waals surface area contributed by atoms with Gasteiger partial charge in [0.05, 0.1) is 5.69 Å². The number of nitrogens with zero attached hydrogens (tertiary/aromatic N) is 2. The van der Waals surface area contributed by atoms with Gasteiger partial charge in [-0.05, 0) is 19.1 Å². The first-order valence-corrected chi connectivity index (χ1v) is 5.66. The number of rotatable bonds is 4. The lowest BCUT2D eigenvalue weighted by Gasteiger charge is -2.07. The molecule has 0 bridgehead atoms. The first kappa shape index (κ1) is 12.2. The van der Waals surface area contributed by atoms with E-state index in [1.54, 1.807) is 37.3 Å². The lowest BCUT2D eigenvalue weighted by Crippen LogP contribution is -2.03. The molecule has 1 N–H and O–H groups in total. The van der Waals surface area contributed by atoms with Gasteiger partial charge in [0.1, 0.15) is 17.5 Å². The Morgan fingerprint density at radius 3 is 2.83 bits per heavy atom. The van der Waals surface area contributed by atoms with Gasteiger partial charge in [-0.2, -0.15) is 0 Å². The Morgan fingerprint density at radius 1 is 1.33 bits per heavy atom. The van der Waals surface area contributed by atoms with Gasteiger partial charge in [0, 0.05) is 18.2 Å². The predicted molar refractivity (Wildman–Crippen MR) is 70.8 cm³/mol. The van der Waals surface area contributed by atoms with E-state index < -0.39 is 0 Å². The molecule has 0 radical (unpaired) electrons. The Morgan fingerprint density at radius 2 is 2.11 bits per heavy atom. The van der Waals surface area contributed by atoms with Crippen molar-refractivity contribution in [2.45, 2.75) is 6.92 Å². The fraction of sp³-hybridized carbons (Fsp3) is 0.143. The molecule has 0 saturated heterocycles. The van der Waals surface area contributed by atoms with E-state index in [1.807, 2.05) is 0 Å². The highest BCUT2D eigenvalue weighted by molar-refractivity contribution is 5.63. The Kier molecular flexibility index (Phi) is 3.67. The molecule has 0 atom stereocenters. The van der Waals surface area contributed by atoms with Crippen molar-refractivity contribution in [2.75, 3.05) is 11.9 Å². The molecule has 0 fully saturated rings. The minimum absolute atomic E-state index is 0.287. The molecule has 2 aromatic rings. The van der Waals surface area contributed by atoms with Crippen molar-refractivity contribution in [1.82, 2.24) is 9.97 Å². The number of halogens is 1. The third kappa shape index (κ3) is 2.71. The minimum Gasteiger partial charge on any atom is -0.366 e. The van der Waals surface area contributed by atoms with Gasteiger partial charge in [0.2, 0.25) is 0 Å². The van der Waals surface area contributed by atoms with Crippen molar-refractivity contribution in [3.63, 3.8) is 0 Å². The van der Waals surface area contributed by atoms with E-state index in [-0.39, 0.29) is 5.82 Å². The van der Waals surface area contributed by atoms with Crippen LogP contribution in [0.25, 0.3) is 11.3 Å². The SMILES string of the molecule is C=CCNc1cc(-c2ccccc2F)nc(C)n1. The van der Waals surface area contributed by atoms with Crippen LogP contribution in [0.5, 0.6) is 0 Å². The normalized spacial score (nSPS) is 10.1. The summed E-state index contributed by atoms with van der Waals surface area (Å²) in [5.74, 6) is 0.980. The van der Waals surface area contributed by atoms with Crippen molar-refractivity contribution in [3.05, 3.63) is 54.6 Å². The van der Waals surface area contributed by atoms with Crippen LogP contribution in [0.15, 0.2) is 43.0 Å². The van der Waals surface area contributed by atoms with Crippen LogP contribution >= 0.6 is 0 Å². The molecule has 1 aromatic heterocycles. The zero-order valence-corrected chi connectivity index (χ0v) is 10.2. The zero-order valence-electron chi connectivity index (χ0n) is 10.2. The molecular formula is C14H14FN3. The van der Waals surface area contributed by atoms with Crippen LogP contribution in [-0.2, 0) is 0 Å². The van der Waals surface area contributed by atoms with Gasteiger partial charge >= 0.3 is 0 Å². The second kappa shape index (κ2) is 5.40. The van der Waals surface area contributed by atoms with E-state index in [0.29, 0.717) is 29.4 Å². The molecular weight excluding hydrogens is 229 g/mol. The van der Waals surface area contributed by atoms with Crippen molar-refractivity contribution >= 4 is 5.82 Å². The van der Waals surface area contributed by atoms with E-state index in [1.165, 1.54) is 6.07 Å². The molecule has 92 valence electrons. The van der Waals surface area contributed by atoms with Gasteiger partial charge in [0.15, 0.2) is 0 Å². The monoisotopic (exact) mass is 243 g/mol. The first-order valence-electron chi connectivity index (χ1n) is 5.66. The molecule has 3 nitrogen and oxygen atoms in total. The quantitative estimate of drug-likeness (QED) is 0.838. The second-order valence-corrected chi connectivity index (χ2v) is 3.84. The summed E-state index contributed by atoms with van der Waals surface area (Å²) in [4.78, 5) is 8.49. The second-order valence-electron chi connectivity index (χ2n) is 3.84. The van der Waals surface area contributed by atoms with Gasteiger partial charge in [-0.3, -0.25) is 0 Å². The Bertz CT molecular complexity index is 567. The van der Waals surface area contributed by atoms with E-state index in [0.717, 1.165) is 0 Å². The number of nitrogens with one attached hydrogen (secondary N) is 1. The fourth-order valence-corrected chi connectivity index (χ4v) is 1.64. The third-order valence-electron chi connectivity index (χ3n) is 2.42. The van der Waals surface area contributed by atoms with E-state index in [4.69, 9.17) is 0 Å². The van der Waals surface area contributed by atoms with Crippen LogP contribution in [0.2, 0.25) is 0 Å². The molecule has 0 saturated carbocycles. The van der Waals surface area contributed by atoms with Crippen LogP contribution in [-0.4, -0.2) is 16.5 Å². The highest BCUT2D eigenvalue weighted by Crippen LogP contribution is 2.22. The summed E-state index contributed by atoms with van der Waals surface area (Å²) in [6, 6.07) is 8.30. The van der Waals surface area contributed by atoms with Gasteiger partial charge < -0.3 is 5.32 Å². The first-order chi connectivity index (χ1) is 8.70. The van der Waals surface area contributed by atoms with Gasteiger partial charge in [-0.1, -0.05) is 18.2 Å². The fourth-order valence-electron chi connectivity index (χ4n) is 1.64. The van der Waals surface area contributed by atoms with Gasteiger partial charge in [0.25, 0.3) is 0 Å². The predicted octanol–water partition coefficient (Wildman–Crippen LogP) is 3.19. The van der Waals surface area contributed by atoms with E-state index in [9.17, 15) is 4.39 Å². The average Bonchev–Trinajstić information content (AvgIpc) is 2.36. The van der Waals surface area contributed by atoms with Crippen molar-refractivity contribution < 1.29 is 4.39 Å². The highest BCUT2D eigenvalue weighted by atomic mass is 19.1. The molecule has 1 aromatic carbocycles. The van der Waals surface area contributed by atoms with E-state index >= 15 is 0 Å². The molecule has 0 unspecified atom stereocenters. The number of anilines is 1. The summed E-state index contributed by atoms with van der Waals surface area (Å²) >= 11 is 0. The Balaban J connectivity index is 2.42. The van der Waals surface area contributed by atoms with Crippen LogP contribution in [0, 0.1) is 12.7 Å². The maximum Gasteiger partial charge on any atom is 0.132 e. The maximum atomic E-state index is 13.7. The number of hydrogen-bond acceptors (Lipinski definition) is 3. The molecule has 1 heterocycles. The largest absolute Gasteiger partial charge is 0.366 e. The van der Waals surface area contributed by atoms with Crippen molar-refractivity contribution in [3.8, 4) is 11.3 Å². The molecule has 0 aliphatic heterocycles. The molecule has 18 heavy (non-hydrogen) atoms. The molecule has 0 spiro atoms. The molecule has 0 aliphatic rings. The number of hydrogen-bond donors (Lipinski definition) is 1. The van der Waals surface area contributed by atoms with Gasteiger partial charge in [-0.15, -0.1) is 6.58 Å². The maximum absolute atomic E-state index is 13.7. The average molecular weight is 243 g/mol. The van der Waals surface area contributed by atoms with E-state index in [2.05, 4.69) is 21.9 Å². The smallest absolute Gasteiger partial charge is 0.132 e. The van der Waals surface area contributed by atoms with Crippen LogP contribution in [0.3, 0.4) is 0 Å². The summed E-state index contributed by atoms with van der Waals surface area (Å²) < 4.78 is 13.7. The Labute approximate surface area is 105 Å². The Hall–Kier alpha value is -2.23. The van der Waals surface area contributed by atoms with Gasteiger partial charge in [-0.25, -0.2) is 14.4 Å². The topological polar surface area (TPSA) is 37.8 Å². The van der Waals surface area contributed by atoms with Crippen molar-refractivity contribution in [1.29, 1.82) is 0 Å². The lowest BCUT2D eigenvalue weighted by molar-refractivity contribution is 0.630. The molecule has 0 aliphatic carbocycles. The standard InChI is InChI=1S/C14H14FN3/c1-3-8-16-14-9-13(17-10(2)18-14)11-6-4-5-7-12(11)15/h3-7,9H,1,8H2,2H3,(H,16,17,18). The summed E-state index contributed by atoms with van der Waals surface area (Å²) in [5.41, 5.74) is 1.05. The summed E-state index contributed by atoms with van der Waals surface area (Å²) in [6.07, 6.45) is 1.74. The molecule has 0 amide bonds. The lowest BCUT2D eigenvalue weighted by atomic mass is 10.1. The van der Waals surface area contributed by atoms with Crippen LogP contribution in [0.1, 0.15) is 5.82 Å². The number of aromatic nitrogens is 2. The zero-order chi connectivity index (χ0) is 13.0. The van der Waals surface area contributed by atoms with Crippen LogP contribution in [0.4, 0.5) is 10.2 Å². The van der Waals surface area contributed by atoms with Crippen molar-refractivity contribution in [2.24, 2.45) is 0 Å². The molecule has 4 heteroatoms.